The number of hydrogen-bond acceptors (Lipinski definition) is 3. The van der Waals surface area contributed by atoms with Crippen LogP contribution in [0.25, 0.3) is 0 Å². The zero-order chi connectivity index (χ0) is 9.97. The Kier molecular flexibility index (Phi) is 2.99. The van der Waals surface area contributed by atoms with Crippen molar-refractivity contribution in [1.82, 2.24) is 0 Å². The van der Waals surface area contributed by atoms with Gasteiger partial charge in [-0.25, -0.2) is 0 Å². The molecule has 0 bridgehead atoms. The minimum atomic E-state index is -0.232. The summed E-state index contributed by atoms with van der Waals surface area (Å²) < 4.78 is 0. The van der Waals surface area contributed by atoms with E-state index in [4.69, 9.17) is 5.73 Å². The molecular weight excluding hydrogens is 194 g/mol. The molecule has 0 aliphatic heterocycles. The lowest BCUT2D eigenvalue weighted by Gasteiger charge is -2.08. The van der Waals surface area contributed by atoms with Gasteiger partial charge in [-0.2, -0.15) is 0 Å². The molecule has 2 N–H and O–H groups in total. The Labute approximate surface area is 88.1 Å². The topological polar surface area (TPSA) is 43.1 Å². The summed E-state index contributed by atoms with van der Waals surface area (Å²) in [5, 5.41) is 2.00. The third-order valence-electron chi connectivity index (χ3n) is 2.63. The molecule has 14 heavy (non-hydrogen) atoms. The summed E-state index contributed by atoms with van der Waals surface area (Å²) in [5.74, 6) is 0.927. The molecule has 0 amide bonds. The maximum atomic E-state index is 11.7. The number of hydrogen-bond donors (Lipinski definition) is 1. The quantitative estimate of drug-likeness (QED) is 0.806. The van der Waals surface area contributed by atoms with Crippen LogP contribution in [0.3, 0.4) is 0 Å². The zero-order valence-electron chi connectivity index (χ0n) is 8.11. The number of rotatable bonds is 5. The smallest absolute Gasteiger partial charge is 0.154 e. The fraction of sp³-hybridized carbons (Fsp3) is 0.545. The molecule has 2 nitrogen and oxygen atoms in total. The molecule has 3 heteroatoms. The first kappa shape index (κ1) is 9.87. The zero-order valence-corrected chi connectivity index (χ0v) is 8.93. The molecule has 1 heterocycles. The minimum Gasteiger partial charge on any atom is -0.321 e. The van der Waals surface area contributed by atoms with E-state index in [1.807, 2.05) is 17.5 Å². The van der Waals surface area contributed by atoms with Crippen LogP contribution in [0.4, 0.5) is 0 Å². The van der Waals surface area contributed by atoms with Gasteiger partial charge in [-0.1, -0.05) is 18.9 Å². The second-order valence-electron chi connectivity index (χ2n) is 4.01. The van der Waals surface area contributed by atoms with Gasteiger partial charge in [0.2, 0.25) is 0 Å². The van der Waals surface area contributed by atoms with Crippen molar-refractivity contribution in [3.8, 4) is 0 Å². The normalized spacial score (nSPS) is 18.1. The highest BCUT2D eigenvalue weighted by molar-refractivity contribution is 7.10. The fourth-order valence-electron chi connectivity index (χ4n) is 1.56. The lowest BCUT2D eigenvalue weighted by Crippen LogP contribution is -2.32. The van der Waals surface area contributed by atoms with Gasteiger partial charge >= 0.3 is 0 Å². The highest BCUT2D eigenvalue weighted by Crippen LogP contribution is 2.33. The van der Waals surface area contributed by atoms with E-state index in [0.29, 0.717) is 6.42 Å². The van der Waals surface area contributed by atoms with Crippen LogP contribution < -0.4 is 5.73 Å². The van der Waals surface area contributed by atoms with E-state index in [2.05, 4.69) is 0 Å². The van der Waals surface area contributed by atoms with Crippen LogP contribution in [0.1, 0.15) is 24.1 Å². The van der Waals surface area contributed by atoms with Crippen molar-refractivity contribution in [2.75, 3.05) is 0 Å². The van der Waals surface area contributed by atoms with E-state index < -0.39 is 0 Å². The molecule has 0 spiro atoms. The molecule has 1 aliphatic carbocycles. The number of thiophene rings is 1. The number of carbonyl (C=O) groups is 1. The van der Waals surface area contributed by atoms with Gasteiger partial charge < -0.3 is 5.73 Å². The van der Waals surface area contributed by atoms with Crippen molar-refractivity contribution in [3.05, 3.63) is 22.4 Å². The van der Waals surface area contributed by atoms with Crippen LogP contribution in [0, 0.1) is 5.92 Å². The molecule has 1 aliphatic rings. The molecule has 1 saturated carbocycles. The van der Waals surface area contributed by atoms with Crippen LogP contribution >= 0.6 is 11.3 Å². The van der Waals surface area contributed by atoms with Crippen LogP contribution in [0.15, 0.2) is 17.5 Å². The van der Waals surface area contributed by atoms with Crippen molar-refractivity contribution in [2.45, 2.75) is 31.7 Å². The Hall–Kier alpha value is -0.670. The lowest BCUT2D eigenvalue weighted by atomic mass is 10.0. The average molecular weight is 209 g/mol. The standard InChI is InChI=1S/C11H15NOS/c12-10(6-8-3-4-8)11(13)7-9-2-1-5-14-9/h1-2,5,8,10H,3-4,6-7,12H2. The first-order chi connectivity index (χ1) is 6.75. The monoisotopic (exact) mass is 209 g/mol. The third kappa shape index (κ3) is 2.66. The Balaban J connectivity index is 1.81. The second-order valence-corrected chi connectivity index (χ2v) is 5.04. The van der Waals surface area contributed by atoms with Gasteiger partial charge in [-0.05, 0) is 23.8 Å². The van der Waals surface area contributed by atoms with Crippen LogP contribution in [-0.4, -0.2) is 11.8 Å². The molecule has 2 rings (SSSR count). The summed E-state index contributed by atoms with van der Waals surface area (Å²) in [5.41, 5.74) is 5.83. The summed E-state index contributed by atoms with van der Waals surface area (Å²) in [7, 11) is 0. The average Bonchev–Trinajstić information content (AvgIpc) is 2.81. The number of carbonyl (C=O) groups excluding carboxylic acids is 1. The summed E-state index contributed by atoms with van der Waals surface area (Å²) in [4.78, 5) is 12.8. The van der Waals surface area contributed by atoms with E-state index in [1.165, 1.54) is 12.8 Å². The van der Waals surface area contributed by atoms with Gasteiger partial charge in [0.25, 0.3) is 0 Å². The molecule has 1 aromatic rings. The van der Waals surface area contributed by atoms with Crippen LogP contribution in [-0.2, 0) is 11.2 Å². The fourth-order valence-corrected chi connectivity index (χ4v) is 2.27. The molecule has 76 valence electrons. The molecule has 0 radical (unpaired) electrons. The molecule has 1 aromatic heterocycles. The van der Waals surface area contributed by atoms with Crippen LogP contribution in [0.2, 0.25) is 0 Å². The molecular formula is C11H15NOS. The van der Waals surface area contributed by atoms with Gasteiger partial charge in [-0.15, -0.1) is 11.3 Å². The van der Waals surface area contributed by atoms with Crippen molar-refractivity contribution in [3.63, 3.8) is 0 Å². The Morgan fingerprint density at radius 1 is 1.64 bits per heavy atom. The maximum absolute atomic E-state index is 11.7. The predicted octanol–water partition coefficient (Wildman–Crippen LogP) is 1.99. The van der Waals surface area contributed by atoms with E-state index in [0.717, 1.165) is 17.2 Å². The van der Waals surface area contributed by atoms with E-state index in [9.17, 15) is 4.79 Å². The molecule has 1 unspecified atom stereocenters. The van der Waals surface area contributed by atoms with E-state index in [1.54, 1.807) is 11.3 Å². The van der Waals surface area contributed by atoms with E-state index >= 15 is 0 Å². The lowest BCUT2D eigenvalue weighted by molar-refractivity contribution is -0.119. The number of Topliss-reactive ketones (excluding diaryl/α,β-unsaturated/α-hetero) is 1. The SMILES string of the molecule is NC(CC1CC1)C(=O)Cc1cccs1. The first-order valence-electron chi connectivity index (χ1n) is 5.06. The van der Waals surface area contributed by atoms with Crippen molar-refractivity contribution in [2.24, 2.45) is 11.7 Å². The summed E-state index contributed by atoms with van der Waals surface area (Å²) in [6.07, 6.45) is 3.94. The largest absolute Gasteiger partial charge is 0.321 e. The van der Waals surface area contributed by atoms with Gasteiger partial charge in [0.05, 0.1) is 6.04 Å². The minimum absolute atomic E-state index is 0.194. The van der Waals surface area contributed by atoms with Gasteiger partial charge in [-0.3, -0.25) is 4.79 Å². The second kappa shape index (κ2) is 4.24. The van der Waals surface area contributed by atoms with Crippen molar-refractivity contribution < 1.29 is 4.79 Å². The first-order valence-corrected chi connectivity index (χ1v) is 5.94. The van der Waals surface area contributed by atoms with Gasteiger partial charge in [0.15, 0.2) is 5.78 Å². The molecule has 1 atom stereocenters. The molecule has 1 fully saturated rings. The van der Waals surface area contributed by atoms with Gasteiger partial charge in [0.1, 0.15) is 0 Å². The summed E-state index contributed by atoms with van der Waals surface area (Å²) in [6.45, 7) is 0. The Morgan fingerprint density at radius 3 is 3.00 bits per heavy atom. The molecule has 0 saturated heterocycles. The predicted molar refractivity (Wildman–Crippen MR) is 58.3 cm³/mol. The molecule has 0 aromatic carbocycles. The number of nitrogens with two attached hydrogens (primary N) is 1. The van der Waals surface area contributed by atoms with Crippen molar-refractivity contribution >= 4 is 17.1 Å². The van der Waals surface area contributed by atoms with Gasteiger partial charge in [0, 0.05) is 11.3 Å². The van der Waals surface area contributed by atoms with Crippen molar-refractivity contribution in [1.29, 1.82) is 0 Å². The Bertz CT molecular complexity index is 303. The van der Waals surface area contributed by atoms with Crippen LogP contribution in [0.5, 0.6) is 0 Å². The third-order valence-corrected chi connectivity index (χ3v) is 3.50. The maximum Gasteiger partial charge on any atom is 0.154 e. The summed E-state index contributed by atoms with van der Waals surface area (Å²) >= 11 is 1.63. The highest BCUT2D eigenvalue weighted by Gasteiger charge is 2.26. The van der Waals surface area contributed by atoms with E-state index in [-0.39, 0.29) is 11.8 Å². The highest BCUT2D eigenvalue weighted by atomic mass is 32.1. The Morgan fingerprint density at radius 2 is 2.43 bits per heavy atom. The number of ketones is 1. The summed E-state index contributed by atoms with van der Waals surface area (Å²) in [6, 6.07) is 3.73.